The van der Waals surface area contributed by atoms with E-state index in [1.54, 1.807) is 0 Å². The minimum absolute atomic E-state index is 0.0129. The Bertz CT molecular complexity index is 461. The van der Waals surface area contributed by atoms with E-state index in [4.69, 9.17) is 4.74 Å². The van der Waals surface area contributed by atoms with Gasteiger partial charge >= 0.3 is 0 Å². The number of aliphatic hydroxyl groups is 1. The van der Waals surface area contributed by atoms with Gasteiger partial charge in [-0.2, -0.15) is 0 Å². The molecule has 0 unspecified atom stereocenters. The van der Waals surface area contributed by atoms with Crippen molar-refractivity contribution in [1.82, 2.24) is 5.32 Å². The Hall–Kier alpha value is -1.39. The van der Waals surface area contributed by atoms with Crippen LogP contribution < -0.4 is 5.32 Å². The molecule has 1 saturated carbocycles. The van der Waals surface area contributed by atoms with Gasteiger partial charge in [-0.15, -0.1) is 0 Å². The molecule has 0 spiro atoms. The van der Waals surface area contributed by atoms with Crippen LogP contribution in [-0.4, -0.2) is 29.3 Å². The molecule has 1 aliphatic carbocycles. The van der Waals surface area contributed by atoms with Crippen LogP contribution in [0.5, 0.6) is 0 Å². The standard InChI is InChI=1S/C17H25NO3/c1-13(2)21-11-14-5-7-15(8-6-14)16(20)18-17(12-19)9-3-4-10-17/h5-8,13,19H,3-4,9-12H2,1-2H3,(H,18,20). The summed E-state index contributed by atoms with van der Waals surface area (Å²) in [4.78, 5) is 12.3. The van der Waals surface area contributed by atoms with Gasteiger partial charge in [-0.1, -0.05) is 25.0 Å². The maximum atomic E-state index is 12.3. The largest absolute Gasteiger partial charge is 0.394 e. The second kappa shape index (κ2) is 7.05. The van der Waals surface area contributed by atoms with E-state index in [-0.39, 0.29) is 18.6 Å². The minimum atomic E-state index is -0.420. The first-order valence-corrected chi connectivity index (χ1v) is 7.69. The Morgan fingerprint density at radius 2 is 1.90 bits per heavy atom. The molecule has 1 aromatic carbocycles. The molecule has 0 heterocycles. The van der Waals surface area contributed by atoms with Gasteiger partial charge in [0, 0.05) is 5.56 Å². The lowest BCUT2D eigenvalue weighted by molar-refractivity contribution is 0.0656. The predicted molar refractivity (Wildman–Crippen MR) is 82.1 cm³/mol. The first kappa shape index (κ1) is 16.0. The number of ether oxygens (including phenoxy) is 1. The van der Waals surface area contributed by atoms with Crippen LogP contribution in [0.2, 0.25) is 0 Å². The molecule has 1 aromatic rings. The zero-order chi connectivity index (χ0) is 15.3. The van der Waals surface area contributed by atoms with Gasteiger partial charge in [-0.3, -0.25) is 4.79 Å². The van der Waals surface area contributed by atoms with E-state index in [1.807, 2.05) is 38.1 Å². The van der Waals surface area contributed by atoms with E-state index in [0.29, 0.717) is 12.2 Å². The Kier molecular flexibility index (Phi) is 5.37. The second-order valence-corrected chi connectivity index (χ2v) is 6.16. The van der Waals surface area contributed by atoms with Gasteiger partial charge in [0.2, 0.25) is 0 Å². The topological polar surface area (TPSA) is 58.6 Å². The summed E-state index contributed by atoms with van der Waals surface area (Å²) in [6, 6.07) is 7.46. The van der Waals surface area contributed by atoms with Gasteiger partial charge < -0.3 is 15.2 Å². The van der Waals surface area contributed by atoms with Crippen LogP contribution in [-0.2, 0) is 11.3 Å². The molecular formula is C17H25NO3. The number of hydrogen-bond donors (Lipinski definition) is 2. The smallest absolute Gasteiger partial charge is 0.251 e. The lowest BCUT2D eigenvalue weighted by Gasteiger charge is -2.28. The highest BCUT2D eigenvalue weighted by molar-refractivity contribution is 5.94. The number of nitrogens with one attached hydrogen (secondary N) is 1. The maximum absolute atomic E-state index is 12.3. The Balaban J connectivity index is 1.96. The molecule has 2 N–H and O–H groups in total. The maximum Gasteiger partial charge on any atom is 0.251 e. The van der Waals surface area contributed by atoms with Crippen molar-refractivity contribution in [3.63, 3.8) is 0 Å². The lowest BCUT2D eigenvalue weighted by Crippen LogP contribution is -2.49. The van der Waals surface area contributed by atoms with E-state index >= 15 is 0 Å². The molecule has 4 heteroatoms. The van der Waals surface area contributed by atoms with Crippen LogP contribution in [0.3, 0.4) is 0 Å². The normalized spacial score (nSPS) is 17.1. The molecule has 4 nitrogen and oxygen atoms in total. The quantitative estimate of drug-likeness (QED) is 0.847. The molecule has 0 bridgehead atoms. The van der Waals surface area contributed by atoms with Crippen molar-refractivity contribution in [2.75, 3.05) is 6.61 Å². The van der Waals surface area contributed by atoms with Crippen molar-refractivity contribution in [3.05, 3.63) is 35.4 Å². The van der Waals surface area contributed by atoms with Gasteiger partial charge in [0.15, 0.2) is 0 Å². The fourth-order valence-corrected chi connectivity index (χ4v) is 2.70. The third-order valence-corrected chi connectivity index (χ3v) is 4.04. The third-order valence-electron chi connectivity index (χ3n) is 4.04. The SMILES string of the molecule is CC(C)OCc1ccc(C(=O)NC2(CO)CCCC2)cc1. The fourth-order valence-electron chi connectivity index (χ4n) is 2.70. The highest BCUT2D eigenvalue weighted by atomic mass is 16.5. The molecule has 1 fully saturated rings. The summed E-state index contributed by atoms with van der Waals surface area (Å²) in [6.07, 6.45) is 4.03. The summed E-state index contributed by atoms with van der Waals surface area (Å²) in [5.74, 6) is -0.109. The number of aliphatic hydroxyl groups excluding tert-OH is 1. The Labute approximate surface area is 126 Å². The highest BCUT2D eigenvalue weighted by Gasteiger charge is 2.34. The number of hydrogen-bond acceptors (Lipinski definition) is 3. The lowest BCUT2D eigenvalue weighted by atomic mass is 9.98. The summed E-state index contributed by atoms with van der Waals surface area (Å²) >= 11 is 0. The third kappa shape index (κ3) is 4.29. The molecule has 2 rings (SSSR count). The van der Waals surface area contributed by atoms with E-state index < -0.39 is 5.54 Å². The first-order valence-electron chi connectivity index (χ1n) is 7.69. The van der Waals surface area contributed by atoms with Gasteiger partial charge in [-0.25, -0.2) is 0 Å². The zero-order valence-electron chi connectivity index (χ0n) is 12.9. The number of benzene rings is 1. The van der Waals surface area contributed by atoms with Crippen molar-refractivity contribution >= 4 is 5.91 Å². The molecule has 0 aliphatic heterocycles. The minimum Gasteiger partial charge on any atom is -0.394 e. The summed E-state index contributed by atoms with van der Waals surface area (Å²) in [5, 5.41) is 12.6. The average Bonchev–Trinajstić information content (AvgIpc) is 2.94. The van der Waals surface area contributed by atoms with E-state index in [1.165, 1.54) is 0 Å². The van der Waals surface area contributed by atoms with E-state index in [2.05, 4.69) is 5.32 Å². The van der Waals surface area contributed by atoms with Crippen molar-refractivity contribution in [1.29, 1.82) is 0 Å². The van der Waals surface area contributed by atoms with Crippen LogP contribution in [0.25, 0.3) is 0 Å². The van der Waals surface area contributed by atoms with E-state index in [0.717, 1.165) is 31.2 Å². The van der Waals surface area contributed by atoms with Gasteiger partial charge in [-0.05, 0) is 44.4 Å². The fraction of sp³-hybridized carbons (Fsp3) is 0.588. The molecule has 0 radical (unpaired) electrons. The van der Waals surface area contributed by atoms with Gasteiger partial charge in [0.05, 0.1) is 24.9 Å². The van der Waals surface area contributed by atoms with Crippen molar-refractivity contribution in [2.45, 2.75) is 57.8 Å². The van der Waals surface area contributed by atoms with Crippen molar-refractivity contribution in [3.8, 4) is 0 Å². The molecule has 1 amide bonds. The molecule has 1 aliphatic rings. The summed E-state index contributed by atoms with van der Waals surface area (Å²) in [7, 11) is 0. The summed E-state index contributed by atoms with van der Waals surface area (Å²) in [5.41, 5.74) is 1.26. The van der Waals surface area contributed by atoms with Gasteiger partial charge in [0.1, 0.15) is 0 Å². The number of carbonyl (C=O) groups excluding carboxylic acids is 1. The first-order chi connectivity index (χ1) is 10.0. The summed E-state index contributed by atoms with van der Waals surface area (Å²) in [6.45, 7) is 4.56. The molecule has 0 saturated heterocycles. The van der Waals surface area contributed by atoms with Crippen LogP contribution in [0.15, 0.2) is 24.3 Å². The summed E-state index contributed by atoms with van der Waals surface area (Å²) < 4.78 is 5.54. The van der Waals surface area contributed by atoms with Crippen LogP contribution >= 0.6 is 0 Å². The second-order valence-electron chi connectivity index (χ2n) is 6.16. The van der Waals surface area contributed by atoms with Crippen LogP contribution in [0.4, 0.5) is 0 Å². The monoisotopic (exact) mass is 291 g/mol. The predicted octanol–water partition coefficient (Wildman–Crippen LogP) is 2.65. The van der Waals surface area contributed by atoms with Crippen molar-refractivity contribution in [2.24, 2.45) is 0 Å². The Morgan fingerprint density at radius 1 is 1.29 bits per heavy atom. The molecule has 21 heavy (non-hydrogen) atoms. The number of carbonyl (C=O) groups is 1. The molecular weight excluding hydrogens is 266 g/mol. The molecule has 0 atom stereocenters. The van der Waals surface area contributed by atoms with E-state index in [9.17, 15) is 9.90 Å². The van der Waals surface area contributed by atoms with Crippen molar-refractivity contribution < 1.29 is 14.6 Å². The zero-order valence-corrected chi connectivity index (χ0v) is 12.9. The van der Waals surface area contributed by atoms with Crippen LogP contribution in [0.1, 0.15) is 55.5 Å². The average molecular weight is 291 g/mol. The van der Waals surface area contributed by atoms with Gasteiger partial charge in [0.25, 0.3) is 5.91 Å². The molecule has 0 aromatic heterocycles. The number of amides is 1. The van der Waals surface area contributed by atoms with Crippen LogP contribution in [0, 0.1) is 0 Å². The molecule has 116 valence electrons. The highest BCUT2D eigenvalue weighted by Crippen LogP contribution is 2.29. The Morgan fingerprint density at radius 3 is 2.43 bits per heavy atom. The number of rotatable bonds is 6.